The molecule has 108 valence electrons. The first kappa shape index (κ1) is 12.7. The molecule has 4 rings (SSSR count). The average molecular weight is 281 g/mol. The zero-order valence-corrected chi connectivity index (χ0v) is 12.0. The summed E-state index contributed by atoms with van der Waals surface area (Å²) < 4.78 is 5.95. The van der Waals surface area contributed by atoms with E-state index in [1.54, 1.807) is 0 Å². The number of hydrogen-bond acceptors (Lipinski definition) is 4. The Morgan fingerprint density at radius 2 is 2.05 bits per heavy atom. The third-order valence-corrected chi connectivity index (χ3v) is 4.34. The van der Waals surface area contributed by atoms with Crippen LogP contribution in [0.15, 0.2) is 42.7 Å². The molecule has 0 bridgehead atoms. The lowest BCUT2D eigenvalue weighted by Crippen LogP contribution is -2.51. The van der Waals surface area contributed by atoms with Crippen LogP contribution in [0.25, 0.3) is 11.1 Å². The third-order valence-electron chi connectivity index (χ3n) is 4.34. The van der Waals surface area contributed by atoms with Crippen LogP contribution in [0.5, 0.6) is 5.75 Å². The minimum absolute atomic E-state index is 0.535. The molecule has 0 spiro atoms. The first-order valence-corrected chi connectivity index (χ1v) is 7.56. The molecule has 1 N–H and O–H groups in total. The molecule has 1 saturated heterocycles. The van der Waals surface area contributed by atoms with Gasteiger partial charge in [0.25, 0.3) is 0 Å². The van der Waals surface area contributed by atoms with Gasteiger partial charge in [-0.3, -0.25) is 4.98 Å². The maximum atomic E-state index is 5.95. The van der Waals surface area contributed by atoms with E-state index in [1.807, 2.05) is 12.4 Å². The molecular weight excluding hydrogens is 262 g/mol. The fraction of sp³-hybridized carbons (Fsp3) is 0.353. The van der Waals surface area contributed by atoms with Crippen LogP contribution >= 0.6 is 0 Å². The standard InChI is InChI=1S/C17H19N3O/c1-2-17-16(11-14(1)13-3-6-18-7-4-13)20-9-8-19-12-15(20)5-10-21-17/h1-4,6-7,11,15,19H,5,8-10,12H2/t15-/m0/s1. The quantitative estimate of drug-likeness (QED) is 0.870. The van der Waals surface area contributed by atoms with Gasteiger partial charge < -0.3 is 15.0 Å². The largest absolute Gasteiger partial charge is 0.491 e. The van der Waals surface area contributed by atoms with E-state index in [0.29, 0.717) is 6.04 Å². The second-order valence-corrected chi connectivity index (χ2v) is 5.61. The molecule has 0 radical (unpaired) electrons. The highest BCUT2D eigenvalue weighted by Gasteiger charge is 2.27. The van der Waals surface area contributed by atoms with Crippen molar-refractivity contribution in [1.29, 1.82) is 0 Å². The Morgan fingerprint density at radius 3 is 2.95 bits per heavy atom. The number of pyridine rings is 1. The molecule has 1 aromatic heterocycles. The molecule has 2 aliphatic rings. The number of ether oxygens (including phenoxy) is 1. The van der Waals surface area contributed by atoms with Crippen molar-refractivity contribution in [3.05, 3.63) is 42.7 Å². The van der Waals surface area contributed by atoms with Gasteiger partial charge in [0.1, 0.15) is 5.75 Å². The Labute approximate surface area is 124 Å². The van der Waals surface area contributed by atoms with Crippen LogP contribution in [0.3, 0.4) is 0 Å². The second kappa shape index (κ2) is 5.37. The minimum Gasteiger partial charge on any atom is -0.491 e. The van der Waals surface area contributed by atoms with E-state index < -0.39 is 0 Å². The van der Waals surface area contributed by atoms with Crippen LogP contribution in [0, 0.1) is 0 Å². The molecule has 2 aromatic rings. The predicted molar refractivity (Wildman–Crippen MR) is 83.8 cm³/mol. The summed E-state index contributed by atoms with van der Waals surface area (Å²) in [5.74, 6) is 1.01. The smallest absolute Gasteiger partial charge is 0.142 e. The van der Waals surface area contributed by atoms with Crippen LogP contribution < -0.4 is 15.0 Å². The number of benzene rings is 1. The van der Waals surface area contributed by atoms with Crippen molar-refractivity contribution in [2.24, 2.45) is 0 Å². The van der Waals surface area contributed by atoms with Gasteiger partial charge in [0.05, 0.1) is 12.3 Å². The monoisotopic (exact) mass is 281 g/mol. The van der Waals surface area contributed by atoms with Crippen molar-refractivity contribution in [2.75, 3.05) is 31.1 Å². The molecule has 0 amide bonds. The highest BCUT2D eigenvalue weighted by atomic mass is 16.5. The fourth-order valence-electron chi connectivity index (χ4n) is 3.23. The molecule has 0 unspecified atom stereocenters. The molecular formula is C17H19N3O. The average Bonchev–Trinajstić information content (AvgIpc) is 2.74. The second-order valence-electron chi connectivity index (χ2n) is 5.61. The van der Waals surface area contributed by atoms with E-state index in [0.717, 1.165) is 38.4 Å². The van der Waals surface area contributed by atoms with Crippen molar-refractivity contribution < 1.29 is 4.74 Å². The summed E-state index contributed by atoms with van der Waals surface area (Å²) in [7, 11) is 0. The number of aromatic nitrogens is 1. The first-order valence-electron chi connectivity index (χ1n) is 7.56. The van der Waals surface area contributed by atoms with Crippen molar-refractivity contribution in [2.45, 2.75) is 12.5 Å². The summed E-state index contributed by atoms with van der Waals surface area (Å²) in [6.07, 6.45) is 4.75. The Kier molecular flexibility index (Phi) is 3.24. The maximum absolute atomic E-state index is 5.95. The predicted octanol–water partition coefficient (Wildman–Crippen LogP) is 2.31. The van der Waals surface area contributed by atoms with Gasteiger partial charge in [-0.25, -0.2) is 0 Å². The van der Waals surface area contributed by atoms with Gasteiger partial charge in [-0.2, -0.15) is 0 Å². The van der Waals surface area contributed by atoms with Crippen LogP contribution in [0.2, 0.25) is 0 Å². The highest BCUT2D eigenvalue weighted by Crippen LogP contribution is 2.37. The van der Waals surface area contributed by atoms with Gasteiger partial charge in [-0.1, -0.05) is 6.07 Å². The number of nitrogens with zero attached hydrogens (tertiary/aromatic N) is 2. The number of nitrogens with one attached hydrogen (secondary N) is 1. The number of fused-ring (bicyclic) bond motifs is 3. The van der Waals surface area contributed by atoms with Gasteiger partial charge in [-0.05, 0) is 35.4 Å². The van der Waals surface area contributed by atoms with Crippen molar-refractivity contribution in [3.8, 4) is 16.9 Å². The van der Waals surface area contributed by atoms with Gasteiger partial charge in [-0.15, -0.1) is 0 Å². The summed E-state index contributed by atoms with van der Waals surface area (Å²) in [6, 6.07) is 11.1. The highest BCUT2D eigenvalue weighted by molar-refractivity contribution is 5.73. The van der Waals surface area contributed by atoms with Crippen molar-refractivity contribution in [3.63, 3.8) is 0 Å². The van der Waals surface area contributed by atoms with Gasteiger partial charge in [0, 0.05) is 44.5 Å². The molecule has 4 heteroatoms. The van der Waals surface area contributed by atoms with E-state index in [2.05, 4.69) is 45.5 Å². The Balaban J connectivity index is 1.77. The van der Waals surface area contributed by atoms with E-state index >= 15 is 0 Å². The lowest BCUT2D eigenvalue weighted by molar-refractivity contribution is 0.304. The van der Waals surface area contributed by atoms with Gasteiger partial charge in [0.2, 0.25) is 0 Å². The van der Waals surface area contributed by atoms with Crippen LogP contribution in [0.4, 0.5) is 5.69 Å². The molecule has 1 atom stereocenters. The van der Waals surface area contributed by atoms with E-state index in [4.69, 9.17) is 4.74 Å². The molecule has 2 aliphatic heterocycles. The van der Waals surface area contributed by atoms with E-state index in [9.17, 15) is 0 Å². The summed E-state index contributed by atoms with van der Waals surface area (Å²) in [6.45, 7) is 3.92. The number of anilines is 1. The topological polar surface area (TPSA) is 37.4 Å². The Morgan fingerprint density at radius 1 is 1.14 bits per heavy atom. The van der Waals surface area contributed by atoms with Crippen LogP contribution in [-0.2, 0) is 0 Å². The van der Waals surface area contributed by atoms with Crippen LogP contribution in [0.1, 0.15) is 6.42 Å². The summed E-state index contributed by atoms with van der Waals surface area (Å²) >= 11 is 0. The normalized spacial score (nSPS) is 21.0. The minimum atomic E-state index is 0.535. The molecule has 0 saturated carbocycles. The van der Waals surface area contributed by atoms with Crippen molar-refractivity contribution >= 4 is 5.69 Å². The third kappa shape index (κ3) is 2.36. The SMILES string of the molecule is c1cc(-c2ccc3c(c2)N2CCNC[C@@H]2CCO3)ccn1. The van der Waals surface area contributed by atoms with E-state index in [-0.39, 0.29) is 0 Å². The summed E-state index contributed by atoms with van der Waals surface area (Å²) in [4.78, 5) is 6.60. The number of piperazine rings is 1. The zero-order valence-electron chi connectivity index (χ0n) is 12.0. The van der Waals surface area contributed by atoms with Crippen LogP contribution in [-0.4, -0.2) is 37.3 Å². The number of hydrogen-bond donors (Lipinski definition) is 1. The molecule has 1 aromatic carbocycles. The molecule has 3 heterocycles. The van der Waals surface area contributed by atoms with Gasteiger partial charge in [0.15, 0.2) is 0 Å². The Bertz CT molecular complexity index is 629. The lowest BCUT2D eigenvalue weighted by Gasteiger charge is -2.36. The van der Waals surface area contributed by atoms with Gasteiger partial charge >= 0.3 is 0 Å². The van der Waals surface area contributed by atoms with E-state index in [1.165, 1.54) is 16.8 Å². The number of rotatable bonds is 1. The molecule has 1 fully saturated rings. The fourth-order valence-corrected chi connectivity index (χ4v) is 3.23. The molecule has 4 nitrogen and oxygen atoms in total. The molecule has 21 heavy (non-hydrogen) atoms. The first-order chi connectivity index (χ1) is 10.4. The summed E-state index contributed by atoms with van der Waals surface area (Å²) in [5.41, 5.74) is 3.65. The Hall–Kier alpha value is -2.07. The summed E-state index contributed by atoms with van der Waals surface area (Å²) in [5, 5.41) is 3.48. The lowest BCUT2D eigenvalue weighted by atomic mass is 10.0. The maximum Gasteiger partial charge on any atom is 0.142 e. The van der Waals surface area contributed by atoms with Crippen molar-refractivity contribution in [1.82, 2.24) is 10.3 Å². The molecule has 0 aliphatic carbocycles. The zero-order chi connectivity index (χ0) is 14.1.